The molecular weight excluding hydrogens is 256 g/mol. The van der Waals surface area contributed by atoms with Gasteiger partial charge >= 0.3 is 0 Å². The lowest BCUT2D eigenvalue weighted by molar-refractivity contribution is -0.121. The second-order valence-corrected chi connectivity index (χ2v) is 6.41. The number of hydrogen-bond donors (Lipinski definition) is 0. The Balaban J connectivity index is 1.52. The van der Waals surface area contributed by atoms with Gasteiger partial charge < -0.3 is 0 Å². The van der Waals surface area contributed by atoms with Crippen LogP contribution in [0, 0.1) is 0 Å². The smallest absolute Gasteiger partial charge is 0.140 e. The number of benzene rings is 2. The molecule has 2 aromatic rings. The fourth-order valence-electron chi connectivity index (χ4n) is 4.02. The molecule has 0 aliphatic heterocycles. The van der Waals surface area contributed by atoms with Gasteiger partial charge in [-0.2, -0.15) is 0 Å². The number of Topliss-reactive ketones (excluding diaryl/α,β-unsaturated/α-hetero) is 1. The van der Waals surface area contributed by atoms with Crippen LogP contribution in [0.3, 0.4) is 0 Å². The highest BCUT2D eigenvalue weighted by Gasteiger charge is 2.32. The molecule has 0 aromatic heterocycles. The highest BCUT2D eigenvalue weighted by molar-refractivity contribution is 5.87. The van der Waals surface area contributed by atoms with Crippen LogP contribution in [0.2, 0.25) is 0 Å². The van der Waals surface area contributed by atoms with Crippen LogP contribution in [0.1, 0.15) is 53.4 Å². The van der Waals surface area contributed by atoms with Gasteiger partial charge in [-0.1, -0.05) is 48.5 Å². The molecule has 0 heterocycles. The maximum Gasteiger partial charge on any atom is 0.140 e. The number of ketones is 1. The van der Waals surface area contributed by atoms with Crippen LogP contribution in [0.15, 0.2) is 48.5 Å². The number of aryl methyl sites for hydroxylation is 1. The third kappa shape index (κ3) is 2.21. The average Bonchev–Trinajstić information content (AvgIpc) is 2.52. The van der Waals surface area contributed by atoms with Crippen molar-refractivity contribution in [3.63, 3.8) is 0 Å². The SMILES string of the molecule is O=C(CC1Cc2ccccc21)C1CCCc2ccccc21. The minimum atomic E-state index is 0.141. The molecule has 106 valence electrons. The Hall–Kier alpha value is -1.89. The quantitative estimate of drug-likeness (QED) is 0.811. The fraction of sp³-hybridized carbons (Fsp3) is 0.350. The van der Waals surface area contributed by atoms with E-state index in [1.807, 2.05) is 0 Å². The Morgan fingerprint density at radius 2 is 1.67 bits per heavy atom. The normalized spacial score (nSPS) is 22.9. The van der Waals surface area contributed by atoms with E-state index in [0.29, 0.717) is 11.7 Å². The first kappa shape index (κ1) is 12.8. The minimum absolute atomic E-state index is 0.141. The van der Waals surface area contributed by atoms with Crippen LogP contribution in [0.5, 0.6) is 0 Å². The average molecular weight is 276 g/mol. The summed E-state index contributed by atoms with van der Waals surface area (Å²) in [5.41, 5.74) is 5.51. The molecule has 0 radical (unpaired) electrons. The van der Waals surface area contributed by atoms with Gasteiger partial charge in [0.2, 0.25) is 0 Å². The minimum Gasteiger partial charge on any atom is -0.299 e. The molecular formula is C20H20O. The van der Waals surface area contributed by atoms with E-state index in [-0.39, 0.29) is 5.92 Å². The number of carbonyl (C=O) groups excluding carboxylic acids is 1. The van der Waals surface area contributed by atoms with Crippen LogP contribution in [-0.4, -0.2) is 5.78 Å². The summed E-state index contributed by atoms with van der Waals surface area (Å²) in [4.78, 5) is 12.8. The number of carbonyl (C=O) groups is 1. The molecule has 2 aromatic carbocycles. The third-order valence-electron chi connectivity index (χ3n) is 5.17. The van der Waals surface area contributed by atoms with Crippen LogP contribution >= 0.6 is 0 Å². The molecule has 0 amide bonds. The Kier molecular flexibility index (Phi) is 3.14. The molecule has 2 aliphatic rings. The van der Waals surface area contributed by atoms with Gasteiger partial charge in [0.1, 0.15) is 5.78 Å². The van der Waals surface area contributed by atoms with E-state index in [4.69, 9.17) is 0 Å². The topological polar surface area (TPSA) is 17.1 Å². The predicted molar refractivity (Wildman–Crippen MR) is 84.6 cm³/mol. The zero-order valence-electron chi connectivity index (χ0n) is 12.2. The summed E-state index contributed by atoms with van der Waals surface area (Å²) in [7, 11) is 0. The molecule has 2 unspecified atom stereocenters. The summed E-state index contributed by atoms with van der Waals surface area (Å²) in [6, 6.07) is 17.1. The molecule has 0 saturated heterocycles. The zero-order chi connectivity index (χ0) is 14.2. The highest BCUT2D eigenvalue weighted by atomic mass is 16.1. The van der Waals surface area contributed by atoms with E-state index < -0.39 is 0 Å². The first-order valence-corrected chi connectivity index (χ1v) is 8.01. The molecule has 0 bridgehead atoms. The molecule has 0 fully saturated rings. The predicted octanol–water partition coefficient (Wildman–Crippen LogP) is 4.41. The van der Waals surface area contributed by atoms with Crippen LogP contribution < -0.4 is 0 Å². The summed E-state index contributed by atoms with van der Waals surface area (Å²) in [5.74, 6) is 1.05. The van der Waals surface area contributed by atoms with E-state index in [0.717, 1.165) is 32.1 Å². The van der Waals surface area contributed by atoms with E-state index >= 15 is 0 Å². The lowest BCUT2D eigenvalue weighted by atomic mass is 9.72. The first-order valence-electron chi connectivity index (χ1n) is 8.01. The third-order valence-corrected chi connectivity index (χ3v) is 5.17. The molecule has 0 saturated carbocycles. The van der Waals surface area contributed by atoms with Crippen LogP contribution in [0.4, 0.5) is 0 Å². The first-order chi connectivity index (χ1) is 10.3. The zero-order valence-corrected chi connectivity index (χ0v) is 12.2. The summed E-state index contributed by atoms with van der Waals surface area (Å²) < 4.78 is 0. The van der Waals surface area contributed by atoms with Crippen molar-refractivity contribution >= 4 is 5.78 Å². The standard InChI is InChI=1S/C20H20O/c21-20(13-16-12-15-7-2-3-9-17(15)16)19-11-5-8-14-6-1-4-10-18(14)19/h1-4,6-7,9-10,16,19H,5,8,11-13H2. The van der Waals surface area contributed by atoms with Crippen molar-refractivity contribution in [1.82, 2.24) is 0 Å². The molecule has 1 heteroatoms. The van der Waals surface area contributed by atoms with Gasteiger partial charge in [-0.3, -0.25) is 4.79 Å². The largest absolute Gasteiger partial charge is 0.299 e. The van der Waals surface area contributed by atoms with Crippen molar-refractivity contribution in [3.8, 4) is 0 Å². The molecule has 4 rings (SSSR count). The van der Waals surface area contributed by atoms with Crippen molar-refractivity contribution in [2.24, 2.45) is 0 Å². The van der Waals surface area contributed by atoms with Gasteiger partial charge in [-0.25, -0.2) is 0 Å². The van der Waals surface area contributed by atoms with Crippen molar-refractivity contribution < 1.29 is 4.79 Å². The summed E-state index contributed by atoms with van der Waals surface area (Å²) in [5, 5.41) is 0. The van der Waals surface area contributed by atoms with Gasteiger partial charge in [0.15, 0.2) is 0 Å². The van der Waals surface area contributed by atoms with Crippen molar-refractivity contribution in [3.05, 3.63) is 70.8 Å². The molecule has 2 atom stereocenters. The Bertz CT molecular complexity index is 686. The van der Waals surface area contributed by atoms with Gasteiger partial charge in [-0.15, -0.1) is 0 Å². The van der Waals surface area contributed by atoms with Crippen molar-refractivity contribution in [1.29, 1.82) is 0 Å². The molecule has 0 N–H and O–H groups in total. The number of fused-ring (bicyclic) bond motifs is 2. The summed E-state index contributed by atoms with van der Waals surface area (Å²) in [6.07, 6.45) is 5.11. The molecule has 21 heavy (non-hydrogen) atoms. The fourth-order valence-corrected chi connectivity index (χ4v) is 4.02. The maximum atomic E-state index is 12.8. The van der Waals surface area contributed by atoms with E-state index in [2.05, 4.69) is 48.5 Å². The van der Waals surface area contributed by atoms with Gasteiger partial charge in [0, 0.05) is 12.3 Å². The summed E-state index contributed by atoms with van der Waals surface area (Å²) >= 11 is 0. The Morgan fingerprint density at radius 1 is 0.952 bits per heavy atom. The lowest BCUT2D eigenvalue weighted by Crippen LogP contribution is -2.25. The molecule has 0 spiro atoms. The van der Waals surface area contributed by atoms with Gasteiger partial charge in [0.05, 0.1) is 0 Å². The number of rotatable bonds is 3. The maximum absolute atomic E-state index is 12.8. The van der Waals surface area contributed by atoms with Crippen molar-refractivity contribution in [2.45, 2.75) is 43.9 Å². The number of hydrogen-bond acceptors (Lipinski definition) is 1. The van der Waals surface area contributed by atoms with E-state index in [1.54, 1.807) is 0 Å². The van der Waals surface area contributed by atoms with Gasteiger partial charge in [-0.05, 0) is 53.9 Å². The lowest BCUT2D eigenvalue weighted by Gasteiger charge is -2.32. The van der Waals surface area contributed by atoms with Crippen molar-refractivity contribution in [2.75, 3.05) is 0 Å². The van der Waals surface area contributed by atoms with Gasteiger partial charge in [0.25, 0.3) is 0 Å². The van der Waals surface area contributed by atoms with E-state index in [9.17, 15) is 4.79 Å². The molecule has 2 aliphatic carbocycles. The Labute approximate surface area is 126 Å². The molecule has 1 nitrogen and oxygen atoms in total. The monoisotopic (exact) mass is 276 g/mol. The second kappa shape index (κ2) is 5.14. The van der Waals surface area contributed by atoms with Crippen LogP contribution in [-0.2, 0) is 17.6 Å². The summed E-state index contributed by atoms with van der Waals surface area (Å²) in [6.45, 7) is 0. The van der Waals surface area contributed by atoms with E-state index in [1.165, 1.54) is 22.3 Å². The second-order valence-electron chi connectivity index (χ2n) is 6.41. The highest BCUT2D eigenvalue weighted by Crippen LogP contribution is 2.40. The Morgan fingerprint density at radius 3 is 2.48 bits per heavy atom. The van der Waals surface area contributed by atoms with Crippen LogP contribution in [0.25, 0.3) is 0 Å².